The second kappa shape index (κ2) is 8.32. The Kier molecular flexibility index (Phi) is 5.89. The SMILES string of the molecule is COc1ccc(CC[NH+]2CC[NH+](c3ccc(F)cc3)CC2)cc1OC. The van der Waals surface area contributed by atoms with Crippen molar-refractivity contribution in [1.29, 1.82) is 0 Å². The lowest BCUT2D eigenvalue weighted by atomic mass is 10.1. The molecule has 0 atom stereocenters. The summed E-state index contributed by atoms with van der Waals surface area (Å²) in [6.07, 6.45) is 1.03. The number of hydrogen-bond donors (Lipinski definition) is 2. The van der Waals surface area contributed by atoms with Crippen LogP contribution in [0, 0.1) is 5.82 Å². The molecule has 1 aliphatic rings. The number of ether oxygens (including phenoxy) is 2. The highest BCUT2D eigenvalue weighted by Crippen LogP contribution is 2.27. The van der Waals surface area contributed by atoms with Crippen molar-refractivity contribution in [1.82, 2.24) is 0 Å². The molecule has 3 rings (SSSR count). The largest absolute Gasteiger partial charge is 0.493 e. The van der Waals surface area contributed by atoms with Gasteiger partial charge in [-0.3, -0.25) is 4.90 Å². The summed E-state index contributed by atoms with van der Waals surface area (Å²) in [4.78, 5) is 3.08. The van der Waals surface area contributed by atoms with Crippen molar-refractivity contribution >= 4 is 5.69 Å². The van der Waals surface area contributed by atoms with Crippen LogP contribution in [0.1, 0.15) is 5.56 Å². The molecule has 0 radical (unpaired) electrons. The summed E-state index contributed by atoms with van der Waals surface area (Å²) < 4.78 is 23.7. The molecule has 1 fully saturated rings. The van der Waals surface area contributed by atoms with Crippen molar-refractivity contribution in [3.8, 4) is 11.5 Å². The summed E-state index contributed by atoms with van der Waals surface area (Å²) in [5.41, 5.74) is 2.47. The van der Waals surface area contributed by atoms with Crippen molar-refractivity contribution in [3.63, 3.8) is 0 Å². The van der Waals surface area contributed by atoms with Gasteiger partial charge in [0, 0.05) is 18.6 Å². The molecule has 134 valence electrons. The van der Waals surface area contributed by atoms with Crippen LogP contribution < -0.4 is 19.3 Å². The average molecular weight is 346 g/mol. The maximum Gasteiger partial charge on any atom is 0.160 e. The monoisotopic (exact) mass is 346 g/mol. The van der Waals surface area contributed by atoms with E-state index < -0.39 is 0 Å². The summed E-state index contributed by atoms with van der Waals surface area (Å²) >= 11 is 0. The summed E-state index contributed by atoms with van der Waals surface area (Å²) in [7, 11) is 3.33. The van der Waals surface area contributed by atoms with Gasteiger partial charge in [-0.1, -0.05) is 6.07 Å². The summed E-state index contributed by atoms with van der Waals surface area (Å²) in [5, 5.41) is 0. The van der Waals surface area contributed by atoms with Crippen molar-refractivity contribution in [2.24, 2.45) is 0 Å². The molecule has 2 aromatic carbocycles. The van der Waals surface area contributed by atoms with Gasteiger partial charge in [0.2, 0.25) is 0 Å². The molecule has 0 aromatic heterocycles. The lowest BCUT2D eigenvalue weighted by molar-refractivity contribution is -0.986. The van der Waals surface area contributed by atoms with Gasteiger partial charge < -0.3 is 14.4 Å². The van der Waals surface area contributed by atoms with Gasteiger partial charge in [0.05, 0.1) is 20.8 Å². The van der Waals surface area contributed by atoms with Crippen LogP contribution in [0.4, 0.5) is 10.1 Å². The second-order valence-electron chi connectivity index (χ2n) is 6.55. The maximum atomic E-state index is 13.0. The fourth-order valence-corrected chi connectivity index (χ4v) is 3.49. The van der Waals surface area contributed by atoms with Gasteiger partial charge in [-0.2, -0.15) is 0 Å². The van der Waals surface area contributed by atoms with Gasteiger partial charge in [0.25, 0.3) is 0 Å². The van der Waals surface area contributed by atoms with Crippen molar-refractivity contribution in [3.05, 3.63) is 53.8 Å². The number of piperazine rings is 1. The maximum absolute atomic E-state index is 13.0. The Labute approximate surface area is 148 Å². The van der Waals surface area contributed by atoms with E-state index in [-0.39, 0.29) is 5.82 Å². The average Bonchev–Trinajstić information content (AvgIpc) is 2.67. The molecular weight excluding hydrogens is 319 g/mol. The third-order valence-electron chi connectivity index (χ3n) is 5.03. The first-order valence-corrected chi connectivity index (χ1v) is 8.84. The van der Waals surface area contributed by atoms with Crippen LogP contribution in [0.3, 0.4) is 0 Å². The van der Waals surface area contributed by atoms with E-state index in [1.165, 1.54) is 16.2 Å². The van der Waals surface area contributed by atoms with Crippen LogP contribution in [0.2, 0.25) is 0 Å². The molecule has 0 unspecified atom stereocenters. The minimum absolute atomic E-state index is 0.165. The number of quaternary nitrogens is 2. The van der Waals surface area contributed by atoms with E-state index in [9.17, 15) is 4.39 Å². The van der Waals surface area contributed by atoms with Crippen LogP contribution in [0.5, 0.6) is 11.5 Å². The molecule has 4 nitrogen and oxygen atoms in total. The first kappa shape index (κ1) is 17.7. The van der Waals surface area contributed by atoms with Gasteiger partial charge in [-0.05, 0) is 29.8 Å². The minimum atomic E-state index is -0.165. The molecule has 5 heteroatoms. The molecule has 25 heavy (non-hydrogen) atoms. The van der Waals surface area contributed by atoms with E-state index in [0.29, 0.717) is 0 Å². The number of nitrogens with one attached hydrogen (secondary N) is 2. The van der Waals surface area contributed by atoms with E-state index in [1.54, 1.807) is 31.3 Å². The first-order chi connectivity index (χ1) is 12.2. The first-order valence-electron chi connectivity index (χ1n) is 8.84. The smallest absolute Gasteiger partial charge is 0.160 e. The molecule has 0 aliphatic carbocycles. The summed E-state index contributed by atoms with van der Waals surface area (Å²) in [6, 6.07) is 13.1. The molecule has 1 saturated heterocycles. The molecular formula is C20H27FN2O2+2. The molecule has 0 saturated carbocycles. The molecule has 1 aliphatic heterocycles. The molecule has 0 spiro atoms. The summed E-state index contributed by atoms with van der Waals surface area (Å²) in [5.74, 6) is 1.40. The zero-order valence-corrected chi connectivity index (χ0v) is 15.0. The zero-order chi connectivity index (χ0) is 17.6. The van der Waals surface area contributed by atoms with Crippen LogP contribution >= 0.6 is 0 Å². The fraction of sp³-hybridized carbons (Fsp3) is 0.400. The quantitative estimate of drug-likeness (QED) is 0.797. The second-order valence-corrected chi connectivity index (χ2v) is 6.55. The fourth-order valence-electron chi connectivity index (χ4n) is 3.49. The Morgan fingerprint density at radius 1 is 0.880 bits per heavy atom. The number of hydrogen-bond acceptors (Lipinski definition) is 2. The molecule has 1 heterocycles. The highest BCUT2D eigenvalue weighted by Gasteiger charge is 2.24. The molecule has 0 amide bonds. The summed E-state index contributed by atoms with van der Waals surface area (Å²) in [6.45, 7) is 5.58. The highest BCUT2D eigenvalue weighted by molar-refractivity contribution is 5.42. The van der Waals surface area contributed by atoms with E-state index in [1.807, 2.05) is 18.2 Å². The number of benzene rings is 2. The van der Waals surface area contributed by atoms with Crippen LogP contribution in [0.15, 0.2) is 42.5 Å². The van der Waals surface area contributed by atoms with Gasteiger partial charge >= 0.3 is 0 Å². The van der Waals surface area contributed by atoms with E-state index in [4.69, 9.17) is 9.47 Å². The van der Waals surface area contributed by atoms with Gasteiger partial charge in [-0.15, -0.1) is 0 Å². The predicted octanol–water partition coefficient (Wildman–Crippen LogP) is 0.501. The van der Waals surface area contributed by atoms with E-state index in [2.05, 4.69) is 12.1 Å². The normalized spacial score (nSPS) is 20.3. The third kappa shape index (κ3) is 4.50. The lowest BCUT2D eigenvalue weighted by Crippen LogP contribution is -3.26. The lowest BCUT2D eigenvalue weighted by Gasteiger charge is -2.29. The number of methoxy groups -OCH3 is 2. The van der Waals surface area contributed by atoms with Crippen molar-refractivity contribution in [2.75, 3.05) is 46.9 Å². The molecule has 0 bridgehead atoms. The van der Waals surface area contributed by atoms with E-state index >= 15 is 0 Å². The predicted molar refractivity (Wildman–Crippen MR) is 95.6 cm³/mol. The van der Waals surface area contributed by atoms with Gasteiger partial charge in [0.1, 0.15) is 37.7 Å². The van der Waals surface area contributed by atoms with Crippen LogP contribution in [0.25, 0.3) is 0 Å². The molecule has 2 aromatic rings. The highest BCUT2D eigenvalue weighted by atomic mass is 19.1. The Bertz CT molecular complexity index is 683. The van der Waals surface area contributed by atoms with Crippen molar-refractivity contribution < 1.29 is 23.7 Å². The standard InChI is InChI=1S/C20H25FN2O2/c1-24-19-8-3-16(15-20(19)25-2)9-10-22-11-13-23(14-12-22)18-6-4-17(21)5-7-18/h3-8,15H,9-14H2,1-2H3/p+2. The molecule has 2 N–H and O–H groups in total. The Morgan fingerprint density at radius 2 is 1.56 bits per heavy atom. The Morgan fingerprint density at radius 3 is 2.20 bits per heavy atom. The number of halogens is 1. The van der Waals surface area contributed by atoms with Crippen LogP contribution in [-0.2, 0) is 6.42 Å². The van der Waals surface area contributed by atoms with E-state index in [0.717, 1.165) is 50.6 Å². The third-order valence-corrected chi connectivity index (χ3v) is 5.03. The van der Waals surface area contributed by atoms with Gasteiger partial charge in [-0.25, -0.2) is 4.39 Å². The Hall–Kier alpha value is -2.11. The Balaban J connectivity index is 1.50. The van der Waals surface area contributed by atoms with Crippen LogP contribution in [-0.4, -0.2) is 46.9 Å². The topological polar surface area (TPSA) is 27.3 Å². The van der Waals surface area contributed by atoms with Gasteiger partial charge in [0.15, 0.2) is 11.5 Å². The van der Waals surface area contributed by atoms with Crippen molar-refractivity contribution in [2.45, 2.75) is 6.42 Å². The minimum Gasteiger partial charge on any atom is -0.493 e. The number of rotatable bonds is 6. The zero-order valence-electron chi connectivity index (χ0n) is 15.0.